The average molecular weight is 247 g/mol. The summed E-state index contributed by atoms with van der Waals surface area (Å²) >= 11 is 0. The number of nitrogens with one attached hydrogen (secondary N) is 1. The lowest BCUT2D eigenvalue weighted by molar-refractivity contribution is 0.0811. The molecule has 1 atom stereocenters. The van der Waals surface area contributed by atoms with Crippen molar-refractivity contribution in [3.63, 3.8) is 0 Å². The fourth-order valence-electron chi connectivity index (χ4n) is 1.44. The average Bonchev–Trinajstić information content (AvgIpc) is 2.29. The molecular formula is C12H16F3NO. The summed E-state index contributed by atoms with van der Waals surface area (Å²) in [5.41, 5.74) is 0.914. The van der Waals surface area contributed by atoms with Gasteiger partial charge < -0.3 is 10.1 Å². The predicted octanol–water partition coefficient (Wildman–Crippen LogP) is 3.06. The number of benzene rings is 1. The number of aryl methyl sites for hydroxylation is 1. The van der Waals surface area contributed by atoms with Gasteiger partial charge in [0.25, 0.3) is 6.43 Å². The molecule has 2 nitrogen and oxygen atoms in total. The maximum absolute atomic E-state index is 13.4. The second-order valence-electron chi connectivity index (χ2n) is 3.85. The Morgan fingerprint density at radius 3 is 2.53 bits per heavy atom. The van der Waals surface area contributed by atoms with E-state index in [9.17, 15) is 13.2 Å². The Morgan fingerprint density at radius 1 is 1.35 bits per heavy atom. The van der Waals surface area contributed by atoms with Gasteiger partial charge in [0, 0.05) is 11.6 Å². The Kier molecular flexibility index (Phi) is 4.81. The summed E-state index contributed by atoms with van der Waals surface area (Å²) in [5, 5.41) is 2.92. The molecule has 96 valence electrons. The molecule has 0 spiro atoms. The van der Waals surface area contributed by atoms with Crippen LogP contribution in [0.15, 0.2) is 12.1 Å². The monoisotopic (exact) mass is 247 g/mol. The van der Waals surface area contributed by atoms with Crippen molar-refractivity contribution in [1.29, 1.82) is 0 Å². The molecule has 0 aliphatic carbocycles. The van der Waals surface area contributed by atoms with E-state index in [4.69, 9.17) is 4.74 Å². The maximum atomic E-state index is 13.4. The van der Waals surface area contributed by atoms with Crippen molar-refractivity contribution in [2.24, 2.45) is 0 Å². The van der Waals surface area contributed by atoms with Gasteiger partial charge in [-0.2, -0.15) is 0 Å². The predicted molar refractivity (Wildman–Crippen MR) is 60.1 cm³/mol. The summed E-state index contributed by atoms with van der Waals surface area (Å²) in [6.45, 7) is 2.69. The molecule has 0 aliphatic rings. The molecule has 0 radical (unpaired) electrons. The number of rotatable bonds is 5. The quantitative estimate of drug-likeness (QED) is 0.863. The zero-order chi connectivity index (χ0) is 13.0. The van der Waals surface area contributed by atoms with Crippen LogP contribution in [0.5, 0.6) is 5.75 Å². The van der Waals surface area contributed by atoms with Gasteiger partial charge in [-0.3, -0.25) is 0 Å². The minimum absolute atomic E-state index is 0.169. The first-order valence-corrected chi connectivity index (χ1v) is 5.34. The molecule has 1 unspecified atom stereocenters. The highest BCUT2D eigenvalue weighted by atomic mass is 19.3. The summed E-state index contributed by atoms with van der Waals surface area (Å²) in [7, 11) is 1.71. The van der Waals surface area contributed by atoms with Crippen molar-refractivity contribution in [2.45, 2.75) is 26.3 Å². The summed E-state index contributed by atoms with van der Waals surface area (Å²) in [6, 6.07) is 2.59. The maximum Gasteiger partial charge on any atom is 0.272 e. The number of alkyl halides is 2. The van der Waals surface area contributed by atoms with Gasteiger partial charge in [-0.15, -0.1) is 0 Å². The topological polar surface area (TPSA) is 21.3 Å². The summed E-state index contributed by atoms with van der Waals surface area (Å²) in [4.78, 5) is 0. The molecule has 0 aliphatic heterocycles. The molecule has 0 aromatic heterocycles. The van der Waals surface area contributed by atoms with E-state index in [1.54, 1.807) is 20.9 Å². The fraction of sp³-hybridized carbons (Fsp3) is 0.500. The molecule has 1 aromatic rings. The number of hydrogen-bond acceptors (Lipinski definition) is 2. The number of halogens is 3. The van der Waals surface area contributed by atoms with E-state index in [1.165, 1.54) is 12.1 Å². The minimum atomic E-state index is -2.54. The second kappa shape index (κ2) is 5.91. The van der Waals surface area contributed by atoms with Gasteiger partial charge in [-0.05, 0) is 38.6 Å². The van der Waals surface area contributed by atoms with E-state index >= 15 is 0 Å². The van der Waals surface area contributed by atoms with E-state index in [1.807, 2.05) is 0 Å². The number of hydrogen-bond donors (Lipinski definition) is 1. The molecule has 0 fully saturated rings. The Hall–Kier alpha value is -1.23. The van der Waals surface area contributed by atoms with Crippen molar-refractivity contribution in [1.82, 2.24) is 5.32 Å². The molecule has 1 aromatic carbocycles. The Morgan fingerprint density at radius 2 is 2.00 bits per heavy atom. The van der Waals surface area contributed by atoms with Crippen molar-refractivity contribution in [3.8, 4) is 5.75 Å². The van der Waals surface area contributed by atoms with Crippen molar-refractivity contribution in [3.05, 3.63) is 29.1 Å². The van der Waals surface area contributed by atoms with E-state index < -0.39 is 13.0 Å². The molecular weight excluding hydrogens is 231 g/mol. The van der Waals surface area contributed by atoms with Crippen molar-refractivity contribution in [2.75, 3.05) is 13.7 Å². The second-order valence-corrected chi connectivity index (χ2v) is 3.85. The fourth-order valence-corrected chi connectivity index (χ4v) is 1.44. The van der Waals surface area contributed by atoms with E-state index in [-0.39, 0.29) is 11.9 Å². The van der Waals surface area contributed by atoms with Crippen LogP contribution in [0.4, 0.5) is 13.2 Å². The van der Waals surface area contributed by atoms with Crippen LogP contribution in [0, 0.1) is 12.7 Å². The molecule has 0 bridgehead atoms. The van der Waals surface area contributed by atoms with E-state index in [2.05, 4.69) is 5.32 Å². The smallest absolute Gasteiger partial charge is 0.272 e. The highest BCUT2D eigenvalue weighted by molar-refractivity contribution is 5.40. The third kappa shape index (κ3) is 3.63. The standard InChI is InChI=1S/C12H16F3NO/c1-7-4-11(17-6-12(14)15)9(5-10(7)13)8(2)16-3/h4-5,8,12,16H,6H2,1-3H3. The van der Waals surface area contributed by atoms with Crippen molar-refractivity contribution >= 4 is 0 Å². The largest absolute Gasteiger partial charge is 0.487 e. The lowest BCUT2D eigenvalue weighted by Crippen LogP contribution is -2.16. The molecule has 1 rings (SSSR count). The van der Waals surface area contributed by atoms with Crippen LogP contribution in [-0.4, -0.2) is 20.1 Å². The first-order valence-electron chi connectivity index (χ1n) is 5.34. The van der Waals surface area contributed by atoms with Crippen LogP contribution in [0.3, 0.4) is 0 Å². The molecule has 17 heavy (non-hydrogen) atoms. The molecule has 0 saturated heterocycles. The van der Waals surface area contributed by atoms with Gasteiger partial charge in [0.1, 0.15) is 18.2 Å². The van der Waals surface area contributed by atoms with Gasteiger partial charge in [-0.25, -0.2) is 13.2 Å². The highest BCUT2D eigenvalue weighted by Gasteiger charge is 2.15. The van der Waals surface area contributed by atoms with Crippen LogP contribution in [0.2, 0.25) is 0 Å². The lowest BCUT2D eigenvalue weighted by Gasteiger charge is -2.17. The van der Waals surface area contributed by atoms with Gasteiger partial charge >= 0.3 is 0 Å². The van der Waals surface area contributed by atoms with Crippen LogP contribution in [0.1, 0.15) is 24.1 Å². The normalized spacial score (nSPS) is 12.9. The zero-order valence-electron chi connectivity index (χ0n) is 10.1. The van der Waals surface area contributed by atoms with Gasteiger partial charge in [0.15, 0.2) is 0 Å². The summed E-state index contributed by atoms with van der Waals surface area (Å²) in [6.07, 6.45) is -2.54. The molecule has 1 N–H and O–H groups in total. The SMILES string of the molecule is CNC(C)c1cc(F)c(C)cc1OCC(F)F. The van der Waals surface area contributed by atoms with Gasteiger partial charge in [-0.1, -0.05) is 0 Å². The zero-order valence-corrected chi connectivity index (χ0v) is 10.1. The van der Waals surface area contributed by atoms with Crippen LogP contribution < -0.4 is 10.1 Å². The first-order chi connectivity index (χ1) is 7.95. The Labute approximate surface area is 98.8 Å². The van der Waals surface area contributed by atoms with Crippen molar-refractivity contribution < 1.29 is 17.9 Å². The van der Waals surface area contributed by atoms with Gasteiger partial charge in [0.05, 0.1) is 0 Å². The Bertz CT molecular complexity index is 382. The summed E-state index contributed by atoms with van der Waals surface area (Å²) < 4.78 is 42.6. The van der Waals surface area contributed by atoms with E-state index in [0.29, 0.717) is 16.9 Å². The third-order valence-corrected chi connectivity index (χ3v) is 2.56. The van der Waals surface area contributed by atoms with E-state index in [0.717, 1.165) is 0 Å². The minimum Gasteiger partial charge on any atom is -0.487 e. The third-order valence-electron chi connectivity index (χ3n) is 2.56. The molecule has 5 heteroatoms. The Balaban J connectivity index is 3.03. The van der Waals surface area contributed by atoms with Crippen LogP contribution >= 0.6 is 0 Å². The summed E-state index contributed by atoms with van der Waals surface area (Å²) in [5.74, 6) is -0.0717. The van der Waals surface area contributed by atoms with Crippen LogP contribution in [-0.2, 0) is 0 Å². The highest BCUT2D eigenvalue weighted by Crippen LogP contribution is 2.28. The molecule has 0 saturated carbocycles. The lowest BCUT2D eigenvalue weighted by atomic mass is 10.0. The molecule has 0 heterocycles. The van der Waals surface area contributed by atoms with Crippen LogP contribution in [0.25, 0.3) is 0 Å². The molecule has 0 amide bonds. The van der Waals surface area contributed by atoms with Gasteiger partial charge in [0.2, 0.25) is 0 Å². The first kappa shape index (κ1) is 13.8. The number of ether oxygens (including phenoxy) is 1.